The largest absolute Gasteiger partial charge is 0.508 e. The van der Waals surface area contributed by atoms with Crippen LogP contribution in [-0.4, -0.2) is 90.6 Å². The molecule has 2 saturated heterocycles. The Hall–Kier alpha value is -1.55. The Morgan fingerprint density at radius 1 is 1.12 bits per heavy atom. The van der Waals surface area contributed by atoms with Crippen LogP contribution in [0.15, 0.2) is 29.3 Å². The van der Waals surface area contributed by atoms with Gasteiger partial charge in [-0.1, -0.05) is 26.0 Å². The summed E-state index contributed by atoms with van der Waals surface area (Å²) in [4.78, 5) is 24.2. The lowest BCUT2D eigenvalue weighted by Gasteiger charge is -2.39. The zero-order valence-corrected chi connectivity index (χ0v) is 22.1. The van der Waals surface area contributed by atoms with Crippen LogP contribution < -0.4 is 5.32 Å². The zero-order valence-electron chi connectivity index (χ0n) is 19.8. The maximum absolute atomic E-state index is 12.8. The quantitative estimate of drug-likeness (QED) is 0.320. The van der Waals surface area contributed by atoms with Crippen LogP contribution in [0, 0.1) is 11.8 Å². The van der Waals surface area contributed by atoms with Gasteiger partial charge in [0.05, 0.1) is 6.54 Å². The predicted octanol–water partition coefficient (Wildman–Crippen LogP) is 2.64. The summed E-state index contributed by atoms with van der Waals surface area (Å²) in [5.74, 6) is 2.71. The van der Waals surface area contributed by atoms with Crippen molar-refractivity contribution in [3.8, 4) is 5.75 Å². The lowest BCUT2D eigenvalue weighted by molar-refractivity contribution is -0.135. The molecular weight excluding hydrogens is 517 g/mol. The monoisotopic (exact) mass is 557 g/mol. The Labute approximate surface area is 210 Å². The van der Waals surface area contributed by atoms with Crippen LogP contribution in [0.1, 0.15) is 32.8 Å². The first kappa shape index (κ1) is 26.7. The molecule has 180 valence electrons. The summed E-state index contributed by atoms with van der Waals surface area (Å²) in [6.07, 6.45) is 2.02. The fourth-order valence-electron chi connectivity index (χ4n) is 4.70. The molecule has 0 aliphatic carbocycles. The van der Waals surface area contributed by atoms with E-state index >= 15 is 0 Å². The average molecular weight is 558 g/mol. The highest BCUT2D eigenvalue weighted by atomic mass is 127. The van der Waals surface area contributed by atoms with Crippen LogP contribution in [0.5, 0.6) is 5.75 Å². The summed E-state index contributed by atoms with van der Waals surface area (Å²) in [6.45, 7) is 13.9. The maximum atomic E-state index is 12.8. The second-order valence-corrected chi connectivity index (χ2v) is 9.16. The van der Waals surface area contributed by atoms with Crippen molar-refractivity contribution < 1.29 is 9.90 Å². The molecule has 0 saturated carbocycles. The van der Waals surface area contributed by atoms with Crippen molar-refractivity contribution in [3.05, 3.63) is 29.8 Å². The minimum atomic E-state index is 0. The Morgan fingerprint density at radius 3 is 2.44 bits per heavy atom. The minimum absolute atomic E-state index is 0. The van der Waals surface area contributed by atoms with E-state index in [1.165, 1.54) is 6.42 Å². The van der Waals surface area contributed by atoms with Gasteiger partial charge in [-0.15, -0.1) is 24.0 Å². The first-order valence-electron chi connectivity index (χ1n) is 11.8. The molecule has 0 bridgehead atoms. The molecule has 1 aromatic rings. The molecule has 32 heavy (non-hydrogen) atoms. The number of halogens is 1. The molecule has 1 amide bonds. The van der Waals surface area contributed by atoms with Gasteiger partial charge in [0.1, 0.15) is 5.75 Å². The Bertz CT molecular complexity index is 742. The molecule has 8 heteroatoms. The number of nitrogens with zero attached hydrogens (tertiary/aromatic N) is 4. The van der Waals surface area contributed by atoms with Gasteiger partial charge in [-0.3, -0.25) is 14.7 Å². The number of likely N-dealkylation sites (tertiary alicyclic amines) is 1. The molecule has 2 aliphatic heterocycles. The summed E-state index contributed by atoms with van der Waals surface area (Å²) in [5, 5.41) is 13.0. The Balaban J connectivity index is 0.00000363. The third kappa shape index (κ3) is 8.10. The van der Waals surface area contributed by atoms with Gasteiger partial charge in [-0.25, -0.2) is 0 Å². The van der Waals surface area contributed by atoms with Crippen LogP contribution in [0.2, 0.25) is 0 Å². The minimum Gasteiger partial charge on any atom is -0.508 e. The molecule has 2 unspecified atom stereocenters. The number of carbonyl (C=O) groups excluding carboxylic acids is 1. The van der Waals surface area contributed by atoms with Crippen molar-refractivity contribution in [2.24, 2.45) is 16.8 Å². The van der Waals surface area contributed by atoms with Gasteiger partial charge in [0.25, 0.3) is 0 Å². The highest BCUT2D eigenvalue weighted by Crippen LogP contribution is 2.21. The van der Waals surface area contributed by atoms with Crippen molar-refractivity contribution >= 4 is 35.8 Å². The van der Waals surface area contributed by atoms with Crippen LogP contribution in [-0.2, 0) is 11.2 Å². The van der Waals surface area contributed by atoms with E-state index in [4.69, 9.17) is 4.99 Å². The van der Waals surface area contributed by atoms with Crippen molar-refractivity contribution in [2.45, 2.75) is 33.6 Å². The van der Waals surface area contributed by atoms with Gasteiger partial charge in [0, 0.05) is 52.4 Å². The van der Waals surface area contributed by atoms with Crippen LogP contribution in [0.3, 0.4) is 0 Å². The van der Waals surface area contributed by atoms with Crippen LogP contribution in [0.25, 0.3) is 0 Å². The topological polar surface area (TPSA) is 71.4 Å². The standard InChI is InChI=1S/C24H39N5O2.HI/c1-4-25-24(26-9-8-21-6-5-7-22(30)15-21)28-12-10-27(11-13-28)18-23(31)29-16-19(2)14-20(3)17-29;/h5-7,15,19-20,30H,4,8-14,16-18H2,1-3H3,(H,25,26);1H. The molecule has 2 aliphatic rings. The molecule has 2 N–H and O–H groups in total. The average Bonchev–Trinajstić information content (AvgIpc) is 2.73. The second kappa shape index (κ2) is 13.2. The first-order chi connectivity index (χ1) is 14.9. The number of carbonyl (C=O) groups is 1. The third-order valence-corrected chi connectivity index (χ3v) is 6.16. The zero-order chi connectivity index (χ0) is 22.2. The van der Waals surface area contributed by atoms with Gasteiger partial charge < -0.3 is 20.2 Å². The summed E-state index contributed by atoms with van der Waals surface area (Å²) >= 11 is 0. The lowest BCUT2D eigenvalue weighted by atomic mass is 9.92. The molecule has 0 radical (unpaired) electrons. The van der Waals surface area contributed by atoms with Gasteiger partial charge in [0.2, 0.25) is 5.91 Å². The van der Waals surface area contributed by atoms with E-state index in [-0.39, 0.29) is 29.9 Å². The van der Waals surface area contributed by atoms with E-state index in [2.05, 4.69) is 40.8 Å². The summed E-state index contributed by atoms with van der Waals surface area (Å²) in [5.41, 5.74) is 1.09. The normalized spacial score (nSPS) is 22.4. The SMILES string of the molecule is CCNC(=NCCc1cccc(O)c1)N1CCN(CC(=O)N2CC(C)CC(C)C2)CC1.I. The van der Waals surface area contributed by atoms with E-state index in [1.54, 1.807) is 12.1 Å². The number of piperazine rings is 1. The Morgan fingerprint density at radius 2 is 1.81 bits per heavy atom. The van der Waals surface area contributed by atoms with Gasteiger partial charge >= 0.3 is 0 Å². The molecule has 7 nitrogen and oxygen atoms in total. The van der Waals surface area contributed by atoms with E-state index < -0.39 is 0 Å². The summed E-state index contributed by atoms with van der Waals surface area (Å²) < 4.78 is 0. The lowest BCUT2D eigenvalue weighted by Crippen LogP contribution is -2.55. The van der Waals surface area contributed by atoms with E-state index in [9.17, 15) is 9.90 Å². The number of phenols is 1. The van der Waals surface area contributed by atoms with Gasteiger partial charge in [-0.05, 0) is 49.3 Å². The summed E-state index contributed by atoms with van der Waals surface area (Å²) in [7, 11) is 0. The number of guanidine groups is 1. The van der Waals surface area contributed by atoms with Crippen LogP contribution >= 0.6 is 24.0 Å². The van der Waals surface area contributed by atoms with Crippen molar-refractivity contribution in [3.63, 3.8) is 0 Å². The van der Waals surface area contributed by atoms with Gasteiger partial charge in [0.15, 0.2) is 5.96 Å². The predicted molar refractivity (Wildman–Crippen MR) is 141 cm³/mol. The molecular formula is C24H40IN5O2. The number of benzene rings is 1. The second-order valence-electron chi connectivity index (χ2n) is 9.16. The number of aliphatic imine (C=N–C) groups is 1. The first-order valence-corrected chi connectivity index (χ1v) is 11.8. The maximum Gasteiger partial charge on any atom is 0.236 e. The fraction of sp³-hybridized carbons (Fsp3) is 0.667. The smallest absolute Gasteiger partial charge is 0.236 e. The highest BCUT2D eigenvalue weighted by Gasteiger charge is 2.28. The number of phenolic OH excluding ortho intramolecular Hbond substituents is 1. The van der Waals surface area contributed by atoms with Crippen molar-refractivity contribution in [1.29, 1.82) is 0 Å². The van der Waals surface area contributed by atoms with Crippen molar-refractivity contribution in [2.75, 3.05) is 58.9 Å². The molecule has 0 spiro atoms. The van der Waals surface area contributed by atoms with E-state index in [0.717, 1.165) is 63.8 Å². The number of piperidine rings is 1. The molecule has 0 aromatic heterocycles. The third-order valence-electron chi connectivity index (χ3n) is 6.16. The number of amides is 1. The molecule has 2 heterocycles. The molecule has 2 atom stereocenters. The number of aromatic hydroxyl groups is 1. The highest BCUT2D eigenvalue weighted by molar-refractivity contribution is 14.0. The Kier molecular flexibility index (Phi) is 11.0. The number of hydrogen-bond acceptors (Lipinski definition) is 4. The van der Waals surface area contributed by atoms with Crippen molar-refractivity contribution in [1.82, 2.24) is 20.0 Å². The van der Waals surface area contributed by atoms with E-state index in [0.29, 0.717) is 30.7 Å². The molecule has 3 rings (SSSR count). The van der Waals surface area contributed by atoms with E-state index in [1.807, 2.05) is 12.1 Å². The summed E-state index contributed by atoms with van der Waals surface area (Å²) in [6, 6.07) is 7.36. The molecule has 1 aromatic carbocycles. The number of rotatable bonds is 6. The van der Waals surface area contributed by atoms with Gasteiger partial charge in [-0.2, -0.15) is 0 Å². The van der Waals surface area contributed by atoms with Crippen LogP contribution in [0.4, 0.5) is 0 Å². The fourth-order valence-corrected chi connectivity index (χ4v) is 4.70. The molecule has 2 fully saturated rings. The number of hydrogen-bond donors (Lipinski definition) is 2. The number of nitrogens with one attached hydrogen (secondary N) is 1.